The van der Waals surface area contributed by atoms with E-state index in [1.54, 1.807) is 6.07 Å². The highest BCUT2D eigenvalue weighted by Gasteiger charge is 2.19. The molecule has 5 nitrogen and oxygen atoms in total. The molecule has 1 heterocycles. The number of methoxy groups -OCH3 is 1. The Labute approximate surface area is 102 Å². The topological polar surface area (TPSA) is 61.2 Å². The molecule has 2 rings (SSSR count). The third-order valence-corrected chi connectivity index (χ3v) is 2.40. The average molecular weight is 248 g/mol. The lowest BCUT2D eigenvalue weighted by Gasteiger charge is -2.05. The number of ether oxygens (including phenoxy) is 1. The number of halogens is 1. The summed E-state index contributed by atoms with van der Waals surface area (Å²) in [6.07, 6.45) is 1.60. The van der Waals surface area contributed by atoms with Gasteiger partial charge in [-0.1, -0.05) is 12.1 Å². The number of aldehydes is 1. The summed E-state index contributed by atoms with van der Waals surface area (Å²) in [4.78, 5) is 22.4. The van der Waals surface area contributed by atoms with Gasteiger partial charge in [-0.3, -0.25) is 4.79 Å². The van der Waals surface area contributed by atoms with Crippen molar-refractivity contribution in [2.45, 2.75) is 0 Å². The molecule has 0 saturated carbocycles. The summed E-state index contributed by atoms with van der Waals surface area (Å²) in [6.45, 7) is 0. The molecule has 0 N–H and O–H groups in total. The van der Waals surface area contributed by atoms with Gasteiger partial charge in [0.2, 0.25) is 0 Å². The molecule has 0 unspecified atom stereocenters. The predicted molar refractivity (Wildman–Crippen MR) is 60.2 cm³/mol. The molecule has 0 aliphatic carbocycles. The maximum atomic E-state index is 13.6. The van der Waals surface area contributed by atoms with Crippen molar-refractivity contribution in [1.29, 1.82) is 0 Å². The van der Waals surface area contributed by atoms with Gasteiger partial charge < -0.3 is 4.74 Å². The monoisotopic (exact) mass is 248 g/mol. The molecule has 0 atom stereocenters. The van der Waals surface area contributed by atoms with Gasteiger partial charge in [0, 0.05) is 0 Å². The van der Waals surface area contributed by atoms with Crippen LogP contribution in [0, 0.1) is 5.82 Å². The molecule has 0 bridgehead atoms. The van der Waals surface area contributed by atoms with E-state index in [9.17, 15) is 14.0 Å². The second kappa shape index (κ2) is 4.79. The summed E-state index contributed by atoms with van der Waals surface area (Å²) in [5.41, 5.74) is 0.0393. The number of benzene rings is 1. The first-order valence-corrected chi connectivity index (χ1v) is 5.05. The predicted octanol–water partition coefficient (Wildman–Crippen LogP) is 1.61. The molecule has 1 aromatic heterocycles. The van der Waals surface area contributed by atoms with E-state index in [1.807, 2.05) is 0 Å². The average Bonchev–Trinajstić information content (AvgIpc) is 2.81. The molecule has 0 aliphatic rings. The van der Waals surface area contributed by atoms with Gasteiger partial charge in [-0.2, -0.15) is 5.10 Å². The summed E-state index contributed by atoms with van der Waals surface area (Å²) < 4.78 is 19.2. The van der Waals surface area contributed by atoms with Crippen LogP contribution in [0.4, 0.5) is 4.39 Å². The van der Waals surface area contributed by atoms with Crippen molar-refractivity contribution in [3.63, 3.8) is 0 Å². The molecule has 0 saturated heterocycles. The largest absolute Gasteiger partial charge is 0.465 e. The Balaban J connectivity index is 2.60. The van der Waals surface area contributed by atoms with Crippen LogP contribution < -0.4 is 0 Å². The van der Waals surface area contributed by atoms with Crippen LogP contribution >= 0.6 is 0 Å². The van der Waals surface area contributed by atoms with E-state index in [-0.39, 0.29) is 16.9 Å². The van der Waals surface area contributed by atoms with Crippen LogP contribution in [-0.4, -0.2) is 29.1 Å². The SMILES string of the molecule is COC(=O)c1cnn(-c2ccccc2F)c1C=O. The second-order valence-corrected chi connectivity index (χ2v) is 3.42. The van der Waals surface area contributed by atoms with Gasteiger partial charge in [-0.25, -0.2) is 13.9 Å². The van der Waals surface area contributed by atoms with E-state index >= 15 is 0 Å². The van der Waals surface area contributed by atoms with Crippen LogP contribution in [-0.2, 0) is 4.74 Å². The van der Waals surface area contributed by atoms with Gasteiger partial charge in [0.15, 0.2) is 6.29 Å². The van der Waals surface area contributed by atoms with Gasteiger partial charge in [0.1, 0.15) is 22.8 Å². The number of nitrogens with zero attached hydrogens (tertiary/aromatic N) is 2. The number of carbonyl (C=O) groups is 2. The minimum absolute atomic E-state index is 0.00393. The molecule has 0 aliphatic heterocycles. The maximum absolute atomic E-state index is 13.6. The Morgan fingerprint density at radius 2 is 2.17 bits per heavy atom. The Bertz CT molecular complexity index is 607. The third kappa shape index (κ3) is 1.88. The first-order chi connectivity index (χ1) is 8.69. The number of hydrogen-bond donors (Lipinski definition) is 0. The van der Waals surface area contributed by atoms with E-state index in [4.69, 9.17) is 0 Å². The third-order valence-electron chi connectivity index (χ3n) is 2.40. The van der Waals surface area contributed by atoms with Crippen LogP contribution in [0.25, 0.3) is 5.69 Å². The zero-order chi connectivity index (χ0) is 13.1. The minimum atomic E-state index is -0.695. The quantitative estimate of drug-likeness (QED) is 0.611. The Kier molecular flexibility index (Phi) is 3.18. The lowest BCUT2D eigenvalue weighted by molar-refractivity contribution is 0.0598. The van der Waals surface area contributed by atoms with E-state index < -0.39 is 11.8 Å². The molecule has 2 aromatic rings. The van der Waals surface area contributed by atoms with Gasteiger partial charge in [0.05, 0.1) is 13.3 Å². The summed E-state index contributed by atoms with van der Waals surface area (Å²) in [5.74, 6) is -1.24. The Morgan fingerprint density at radius 3 is 2.78 bits per heavy atom. The zero-order valence-electron chi connectivity index (χ0n) is 9.46. The van der Waals surface area contributed by atoms with Crippen molar-refractivity contribution >= 4 is 12.3 Å². The molecule has 18 heavy (non-hydrogen) atoms. The van der Waals surface area contributed by atoms with Gasteiger partial charge in [-0.05, 0) is 12.1 Å². The highest BCUT2D eigenvalue weighted by atomic mass is 19.1. The van der Waals surface area contributed by atoms with E-state index in [0.717, 1.165) is 4.68 Å². The number of aromatic nitrogens is 2. The van der Waals surface area contributed by atoms with Crippen molar-refractivity contribution < 1.29 is 18.7 Å². The van der Waals surface area contributed by atoms with Crippen molar-refractivity contribution in [2.75, 3.05) is 7.11 Å². The molecule has 0 amide bonds. The van der Waals surface area contributed by atoms with E-state index in [1.165, 1.54) is 31.5 Å². The fourth-order valence-corrected chi connectivity index (χ4v) is 1.55. The molecule has 92 valence electrons. The zero-order valence-corrected chi connectivity index (χ0v) is 9.46. The summed E-state index contributed by atoms with van der Waals surface area (Å²) in [6, 6.07) is 5.82. The molecule has 0 radical (unpaired) electrons. The molecule has 6 heteroatoms. The van der Waals surface area contributed by atoms with Crippen LogP contribution in [0.3, 0.4) is 0 Å². The first kappa shape index (κ1) is 12.0. The first-order valence-electron chi connectivity index (χ1n) is 5.05. The number of hydrogen-bond acceptors (Lipinski definition) is 4. The lowest BCUT2D eigenvalue weighted by atomic mass is 10.2. The Hall–Kier alpha value is -2.50. The van der Waals surface area contributed by atoms with Crippen LogP contribution in [0.15, 0.2) is 30.5 Å². The van der Waals surface area contributed by atoms with E-state index in [2.05, 4.69) is 9.84 Å². The minimum Gasteiger partial charge on any atom is -0.465 e. The number of carbonyl (C=O) groups excluding carboxylic acids is 2. The van der Waals surface area contributed by atoms with Crippen LogP contribution in [0.1, 0.15) is 20.8 Å². The second-order valence-electron chi connectivity index (χ2n) is 3.42. The maximum Gasteiger partial charge on any atom is 0.341 e. The van der Waals surface area contributed by atoms with Crippen LogP contribution in [0.2, 0.25) is 0 Å². The Morgan fingerprint density at radius 1 is 1.44 bits per heavy atom. The number of para-hydroxylation sites is 1. The van der Waals surface area contributed by atoms with Gasteiger partial charge in [-0.15, -0.1) is 0 Å². The molecule has 1 aromatic carbocycles. The number of rotatable bonds is 3. The molecule has 0 spiro atoms. The normalized spacial score (nSPS) is 10.1. The highest BCUT2D eigenvalue weighted by molar-refractivity contribution is 5.97. The van der Waals surface area contributed by atoms with Gasteiger partial charge >= 0.3 is 5.97 Å². The van der Waals surface area contributed by atoms with Crippen LogP contribution in [0.5, 0.6) is 0 Å². The highest BCUT2D eigenvalue weighted by Crippen LogP contribution is 2.16. The molecule has 0 fully saturated rings. The van der Waals surface area contributed by atoms with E-state index in [0.29, 0.717) is 6.29 Å². The fourth-order valence-electron chi connectivity index (χ4n) is 1.55. The summed E-state index contributed by atoms with van der Waals surface area (Å²) >= 11 is 0. The molecular weight excluding hydrogens is 239 g/mol. The van der Waals surface area contributed by atoms with Gasteiger partial charge in [0.25, 0.3) is 0 Å². The summed E-state index contributed by atoms with van der Waals surface area (Å²) in [7, 11) is 1.19. The standard InChI is InChI=1S/C12H9FN2O3/c1-18-12(17)8-6-14-15(11(8)7-16)10-5-3-2-4-9(10)13/h2-7H,1H3. The van der Waals surface area contributed by atoms with Crippen molar-refractivity contribution in [3.8, 4) is 5.69 Å². The fraction of sp³-hybridized carbons (Fsp3) is 0.0833. The van der Waals surface area contributed by atoms with Crippen molar-refractivity contribution in [2.24, 2.45) is 0 Å². The molecular formula is C12H9FN2O3. The number of esters is 1. The summed E-state index contributed by atoms with van der Waals surface area (Å²) in [5, 5.41) is 3.83. The van der Waals surface area contributed by atoms with Crippen molar-refractivity contribution in [1.82, 2.24) is 9.78 Å². The lowest BCUT2D eigenvalue weighted by Crippen LogP contribution is -2.08. The smallest absolute Gasteiger partial charge is 0.341 e. The van der Waals surface area contributed by atoms with Crippen molar-refractivity contribution in [3.05, 3.63) is 47.5 Å².